The highest BCUT2D eigenvalue weighted by molar-refractivity contribution is 7.14. The zero-order valence-corrected chi connectivity index (χ0v) is 15.3. The molecule has 0 saturated heterocycles. The molecular formula is C16H22ClN3O2S. The Bertz CT molecular complexity index is 667. The summed E-state index contributed by atoms with van der Waals surface area (Å²) < 4.78 is 5.33. The number of benzene rings is 1. The van der Waals surface area contributed by atoms with Crippen molar-refractivity contribution in [2.24, 2.45) is 11.1 Å². The first-order valence-corrected chi connectivity index (χ1v) is 7.86. The van der Waals surface area contributed by atoms with E-state index in [-0.39, 0.29) is 23.7 Å². The Morgan fingerprint density at radius 3 is 2.61 bits per heavy atom. The number of thiazole rings is 1. The molecule has 1 amide bonds. The number of rotatable bonds is 4. The number of amides is 1. The monoisotopic (exact) mass is 355 g/mol. The standard InChI is InChI=1S/C16H21N3O2S.ClH/c1-16(2,3)13(17)14(20)19-15-18-11(9-22-15)10-7-5-6-8-12(10)21-4;/h5-9,13H,17H2,1-4H3,(H,18,19,20);1H/t13-;/m1./s1. The third-order valence-electron chi connectivity index (χ3n) is 3.33. The molecule has 0 aliphatic heterocycles. The molecule has 23 heavy (non-hydrogen) atoms. The second-order valence-corrected chi connectivity index (χ2v) is 6.93. The van der Waals surface area contributed by atoms with E-state index in [1.165, 1.54) is 11.3 Å². The van der Waals surface area contributed by atoms with Crippen LogP contribution in [0.25, 0.3) is 11.3 Å². The molecule has 1 atom stereocenters. The van der Waals surface area contributed by atoms with E-state index >= 15 is 0 Å². The van der Waals surface area contributed by atoms with Crippen LogP contribution in [0, 0.1) is 5.41 Å². The quantitative estimate of drug-likeness (QED) is 0.879. The summed E-state index contributed by atoms with van der Waals surface area (Å²) >= 11 is 1.37. The third kappa shape index (κ3) is 4.67. The molecule has 1 aromatic carbocycles. The maximum atomic E-state index is 12.1. The minimum Gasteiger partial charge on any atom is -0.496 e. The van der Waals surface area contributed by atoms with E-state index in [4.69, 9.17) is 10.5 Å². The van der Waals surface area contributed by atoms with Gasteiger partial charge < -0.3 is 15.8 Å². The SMILES string of the molecule is COc1ccccc1-c1csc(NC(=O)[C@@H](N)C(C)(C)C)n1.Cl. The van der Waals surface area contributed by atoms with Gasteiger partial charge in [-0.05, 0) is 17.5 Å². The van der Waals surface area contributed by atoms with Gasteiger partial charge in [0.25, 0.3) is 0 Å². The fourth-order valence-corrected chi connectivity index (χ4v) is 2.60. The number of methoxy groups -OCH3 is 1. The summed E-state index contributed by atoms with van der Waals surface area (Å²) in [5.74, 6) is 0.519. The first-order valence-electron chi connectivity index (χ1n) is 6.98. The predicted molar refractivity (Wildman–Crippen MR) is 97.4 cm³/mol. The van der Waals surface area contributed by atoms with Crippen molar-refractivity contribution in [2.45, 2.75) is 26.8 Å². The highest BCUT2D eigenvalue weighted by atomic mass is 35.5. The van der Waals surface area contributed by atoms with Gasteiger partial charge in [-0.3, -0.25) is 4.79 Å². The van der Waals surface area contributed by atoms with Gasteiger partial charge >= 0.3 is 0 Å². The lowest BCUT2D eigenvalue weighted by atomic mass is 9.87. The lowest BCUT2D eigenvalue weighted by Gasteiger charge is -2.25. The van der Waals surface area contributed by atoms with Crippen LogP contribution in [0.5, 0.6) is 5.75 Å². The van der Waals surface area contributed by atoms with Crippen molar-refractivity contribution < 1.29 is 9.53 Å². The number of halogens is 1. The van der Waals surface area contributed by atoms with E-state index in [0.29, 0.717) is 5.13 Å². The van der Waals surface area contributed by atoms with Crippen LogP contribution in [0.4, 0.5) is 5.13 Å². The molecule has 0 aliphatic rings. The molecular weight excluding hydrogens is 334 g/mol. The maximum Gasteiger partial charge on any atom is 0.243 e. The van der Waals surface area contributed by atoms with Gasteiger partial charge in [0.2, 0.25) is 5.91 Å². The van der Waals surface area contributed by atoms with Gasteiger partial charge in [0.05, 0.1) is 18.8 Å². The fraction of sp³-hybridized carbons (Fsp3) is 0.375. The number of carbonyl (C=O) groups excluding carboxylic acids is 1. The van der Waals surface area contributed by atoms with E-state index in [9.17, 15) is 4.79 Å². The van der Waals surface area contributed by atoms with E-state index < -0.39 is 6.04 Å². The van der Waals surface area contributed by atoms with Gasteiger partial charge in [-0.25, -0.2) is 4.98 Å². The van der Waals surface area contributed by atoms with Gasteiger partial charge in [-0.1, -0.05) is 32.9 Å². The molecule has 0 aliphatic carbocycles. The number of aromatic nitrogens is 1. The van der Waals surface area contributed by atoms with Crippen LogP contribution in [0.1, 0.15) is 20.8 Å². The van der Waals surface area contributed by atoms with E-state index in [1.54, 1.807) is 7.11 Å². The van der Waals surface area contributed by atoms with Gasteiger partial charge in [0.15, 0.2) is 5.13 Å². The maximum absolute atomic E-state index is 12.1. The summed E-state index contributed by atoms with van der Waals surface area (Å²) in [7, 11) is 1.62. The molecule has 0 spiro atoms. The molecule has 1 heterocycles. The van der Waals surface area contributed by atoms with Gasteiger partial charge in [-0.2, -0.15) is 0 Å². The molecule has 0 radical (unpaired) electrons. The van der Waals surface area contributed by atoms with E-state index in [2.05, 4.69) is 10.3 Å². The van der Waals surface area contributed by atoms with E-state index in [0.717, 1.165) is 17.0 Å². The Hall–Kier alpha value is -1.63. The molecule has 2 aromatic rings. The number of nitrogens with two attached hydrogens (primary N) is 1. The molecule has 0 saturated carbocycles. The number of nitrogens with zero attached hydrogens (tertiary/aromatic N) is 1. The topological polar surface area (TPSA) is 77.2 Å². The lowest BCUT2D eigenvalue weighted by molar-refractivity contribution is -0.119. The van der Waals surface area contributed by atoms with Gasteiger partial charge in [0, 0.05) is 10.9 Å². The molecule has 0 fully saturated rings. The average Bonchev–Trinajstić information content (AvgIpc) is 2.93. The van der Waals surface area contributed by atoms with Crippen LogP contribution in [0.3, 0.4) is 0 Å². The Morgan fingerprint density at radius 1 is 1.35 bits per heavy atom. The van der Waals surface area contributed by atoms with Crippen molar-refractivity contribution in [1.82, 2.24) is 4.98 Å². The first-order chi connectivity index (χ1) is 10.3. The van der Waals surface area contributed by atoms with Crippen molar-refractivity contribution in [3.8, 4) is 17.0 Å². The molecule has 126 valence electrons. The minimum absolute atomic E-state index is 0. The summed E-state index contributed by atoms with van der Waals surface area (Å²) in [5.41, 5.74) is 7.31. The van der Waals surface area contributed by atoms with Crippen LogP contribution in [0.15, 0.2) is 29.6 Å². The zero-order chi connectivity index (χ0) is 16.3. The fourth-order valence-electron chi connectivity index (χ4n) is 1.89. The second kappa shape index (κ2) is 7.77. The molecule has 3 N–H and O–H groups in total. The van der Waals surface area contributed by atoms with Crippen LogP contribution < -0.4 is 15.8 Å². The summed E-state index contributed by atoms with van der Waals surface area (Å²) in [5, 5.41) is 5.20. The van der Waals surface area contributed by atoms with Crippen molar-refractivity contribution in [2.75, 3.05) is 12.4 Å². The van der Waals surface area contributed by atoms with Crippen molar-refractivity contribution in [3.05, 3.63) is 29.6 Å². The van der Waals surface area contributed by atoms with Gasteiger partial charge in [0.1, 0.15) is 5.75 Å². The minimum atomic E-state index is -0.592. The molecule has 0 unspecified atom stereocenters. The van der Waals surface area contributed by atoms with Crippen LogP contribution in [-0.2, 0) is 4.79 Å². The normalized spacial score (nSPS) is 12.2. The number of hydrogen-bond donors (Lipinski definition) is 2. The molecule has 5 nitrogen and oxygen atoms in total. The molecule has 2 rings (SSSR count). The largest absolute Gasteiger partial charge is 0.496 e. The molecule has 7 heteroatoms. The summed E-state index contributed by atoms with van der Waals surface area (Å²) in [6.07, 6.45) is 0. The average molecular weight is 356 g/mol. The van der Waals surface area contributed by atoms with Crippen LogP contribution >= 0.6 is 23.7 Å². The first kappa shape index (κ1) is 19.4. The zero-order valence-electron chi connectivity index (χ0n) is 13.6. The lowest BCUT2D eigenvalue weighted by Crippen LogP contribution is -2.45. The Labute approximate surface area is 146 Å². The van der Waals surface area contributed by atoms with Crippen LogP contribution in [-0.4, -0.2) is 24.0 Å². The Kier molecular flexibility index (Phi) is 6.56. The smallest absolute Gasteiger partial charge is 0.243 e. The number of ether oxygens (including phenoxy) is 1. The Morgan fingerprint density at radius 2 is 2.00 bits per heavy atom. The Balaban J connectivity index is 0.00000264. The predicted octanol–water partition coefficient (Wildman–Crippen LogP) is 3.55. The number of nitrogens with one attached hydrogen (secondary N) is 1. The van der Waals surface area contributed by atoms with Crippen molar-refractivity contribution in [3.63, 3.8) is 0 Å². The van der Waals surface area contributed by atoms with Gasteiger partial charge in [-0.15, -0.1) is 23.7 Å². The summed E-state index contributed by atoms with van der Waals surface area (Å²) in [4.78, 5) is 16.6. The highest BCUT2D eigenvalue weighted by Gasteiger charge is 2.28. The highest BCUT2D eigenvalue weighted by Crippen LogP contribution is 2.32. The van der Waals surface area contributed by atoms with E-state index in [1.807, 2.05) is 50.4 Å². The summed E-state index contributed by atoms with van der Waals surface area (Å²) in [6, 6.07) is 7.04. The number of para-hydroxylation sites is 1. The molecule has 1 aromatic heterocycles. The third-order valence-corrected chi connectivity index (χ3v) is 4.09. The van der Waals surface area contributed by atoms with Crippen molar-refractivity contribution >= 4 is 34.8 Å². The number of carbonyl (C=O) groups is 1. The number of anilines is 1. The second-order valence-electron chi connectivity index (χ2n) is 6.07. The summed E-state index contributed by atoms with van der Waals surface area (Å²) in [6.45, 7) is 5.79. The van der Waals surface area contributed by atoms with Crippen LogP contribution in [0.2, 0.25) is 0 Å². The number of hydrogen-bond acceptors (Lipinski definition) is 5. The van der Waals surface area contributed by atoms with Crippen molar-refractivity contribution in [1.29, 1.82) is 0 Å². The molecule has 0 bridgehead atoms.